The second kappa shape index (κ2) is 5.76. The number of carbonyl (C=O) groups excluding carboxylic acids is 1. The second-order valence-corrected chi connectivity index (χ2v) is 8.04. The molecule has 1 aliphatic rings. The molecule has 2 rings (SSSR count). The minimum absolute atomic E-state index is 0.0645. The molecule has 1 fully saturated rings. The zero-order chi connectivity index (χ0) is 15.8. The highest BCUT2D eigenvalue weighted by molar-refractivity contribution is 9.10. The lowest BCUT2D eigenvalue weighted by molar-refractivity contribution is -0.120. The number of hydrogen-bond donors (Lipinski definition) is 2. The average molecular weight is 376 g/mol. The molecule has 1 amide bonds. The van der Waals surface area contributed by atoms with Crippen molar-refractivity contribution in [1.82, 2.24) is 5.32 Å². The summed E-state index contributed by atoms with van der Waals surface area (Å²) in [7, 11) is -3.93. The fraction of sp³-hybridized carbons (Fsp3) is 0.385. The second-order valence-electron chi connectivity index (χ2n) is 4.92. The first-order chi connectivity index (χ1) is 9.73. The lowest BCUT2D eigenvalue weighted by Crippen LogP contribution is -2.39. The summed E-state index contributed by atoms with van der Waals surface area (Å²) in [5.41, 5.74) is -0.161. The Morgan fingerprint density at radius 1 is 1.38 bits per heavy atom. The first kappa shape index (κ1) is 16.0. The van der Waals surface area contributed by atoms with E-state index >= 15 is 0 Å². The zero-order valence-corrected chi connectivity index (χ0v) is 13.6. The van der Waals surface area contributed by atoms with Crippen molar-refractivity contribution in [2.75, 3.05) is 0 Å². The van der Waals surface area contributed by atoms with Crippen molar-refractivity contribution in [2.24, 2.45) is 0 Å². The normalized spacial score (nSPS) is 16.3. The van der Waals surface area contributed by atoms with Crippen molar-refractivity contribution in [2.45, 2.75) is 36.0 Å². The topological polar surface area (TPSA) is 101 Å². The van der Waals surface area contributed by atoms with E-state index in [-0.39, 0.29) is 21.0 Å². The number of nitrogens with one attached hydrogen (secondary N) is 1. The van der Waals surface area contributed by atoms with Gasteiger partial charge in [0.05, 0.1) is 10.5 Å². The largest absolute Gasteiger partial charge is 0.478 e. The van der Waals surface area contributed by atoms with Crippen molar-refractivity contribution >= 4 is 37.6 Å². The maximum absolute atomic E-state index is 12.4. The predicted octanol–water partition coefficient (Wildman–Crippen LogP) is 1.59. The van der Waals surface area contributed by atoms with Crippen LogP contribution in [0.25, 0.3) is 0 Å². The average Bonchev–Trinajstić information content (AvgIpc) is 3.21. The molecule has 0 saturated heterocycles. The molecule has 1 unspecified atom stereocenters. The fourth-order valence-electron chi connectivity index (χ4n) is 1.74. The number of halogens is 1. The van der Waals surface area contributed by atoms with Gasteiger partial charge in [-0.25, -0.2) is 13.2 Å². The molecule has 1 aromatic carbocycles. The van der Waals surface area contributed by atoms with Gasteiger partial charge < -0.3 is 10.4 Å². The van der Waals surface area contributed by atoms with Crippen LogP contribution in [0.4, 0.5) is 0 Å². The zero-order valence-electron chi connectivity index (χ0n) is 11.2. The van der Waals surface area contributed by atoms with Gasteiger partial charge in [0.15, 0.2) is 9.84 Å². The summed E-state index contributed by atoms with van der Waals surface area (Å²) in [5.74, 6) is -1.80. The maximum Gasteiger partial charge on any atom is 0.336 e. The summed E-state index contributed by atoms with van der Waals surface area (Å²) < 4.78 is 25.1. The Morgan fingerprint density at radius 2 is 2.00 bits per heavy atom. The number of aromatic carboxylic acids is 1. The summed E-state index contributed by atoms with van der Waals surface area (Å²) in [6.07, 6.45) is 1.72. The van der Waals surface area contributed by atoms with Gasteiger partial charge in [0.25, 0.3) is 0 Å². The van der Waals surface area contributed by atoms with E-state index in [0.717, 1.165) is 18.9 Å². The van der Waals surface area contributed by atoms with Crippen molar-refractivity contribution in [3.05, 3.63) is 28.2 Å². The minimum Gasteiger partial charge on any atom is -0.478 e. The summed E-state index contributed by atoms with van der Waals surface area (Å²) >= 11 is 3.05. The van der Waals surface area contributed by atoms with Crippen LogP contribution < -0.4 is 5.32 Å². The maximum atomic E-state index is 12.4. The van der Waals surface area contributed by atoms with E-state index in [9.17, 15) is 18.0 Å². The lowest BCUT2D eigenvalue weighted by atomic mass is 10.2. The van der Waals surface area contributed by atoms with Crippen LogP contribution in [0, 0.1) is 0 Å². The number of sulfone groups is 1. The number of benzene rings is 1. The van der Waals surface area contributed by atoms with Crippen LogP contribution in [-0.2, 0) is 14.6 Å². The molecule has 0 heterocycles. The molecule has 1 atom stereocenters. The van der Waals surface area contributed by atoms with Crippen LogP contribution in [0.2, 0.25) is 0 Å². The summed E-state index contributed by atoms with van der Waals surface area (Å²) in [4.78, 5) is 22.8. The highest BCUT2D eigenvalue weighted by Crippen LogP contribution is 2.25. The predicted molar refractivity (Wildman–Crippen MR) is 78.9 cm³/mol. The van der Waals surface area contributed by atoms with E-state index < -0.39 is 27.0 Å². The smallest absolute Gasteiger partial charge is 0.336 e. The van der Waals surface area contributed by atoms with Gasteiger partial charge in [-0.05, 0) is 53.9 Å². The monoisotopic (exact) mass is 375 g/mol. The molecular weight excluding hydrogens is 362 g/mol. The third-order valence-electron chi connectivity index (χ3n) is 3.26. The third kappa shape index (κ3) is 3.44. The molecule has 0 bridgehead atoms. The molecule has 21 heavy (non-hydrogen) atoms. The first-order valence-corrected chi connectivity index (χ1v) is 8.64. The number of hydrogen-bond acceptors (Lipinski definition) is 4. The molecule has 2 N–H and O–H groups in total. The van der Waals surface area contributed by atoms with Gasteiger partial charge in [-0.3, -0.25) is 4.79 Å². The number of carboxylic acid groups (broad SMARTS) is 1. The van der Waals surface area contributed by atoms with Crippen LogP contribution in [-0.4, -0.2) is 36.7 Å². The minimum atomic E-state index is -3.93. The molecule has 1 saturated carbocycles. The standard InChI is InChI=1S/C13H14BrNO5S/c1-7(12(16)15-8-2-3-8)21(19,20)9-4-5-11(14)10(6-9)13(17)18/h4-8H,2-3H2,1H3,(H,15,16)(H,17,18). The SMILES string of the molecule is CC(C(=O)NC1CC1)S(=O)(=O)c1ccc(Br)c(C(=O)O)c1. The molecule has 6 nitrogen and oxygen atoms in total. The number of carbonyl (C=O) groups is 2. The van der Waals surface area contributed by atoms with Crippen LogP contribution in [0.15, 0.2) is 27.6 Å². The van der Waals surface area contributed by atoms with Gasteiger partial charge in [-0.15, -0.1) is 0 Å². The van der Waals surface area contributed by atoms with Crippen LogP contribution in [0.3, 0.4) is 0 Å². The van der Waals surface area contributed by atoms with E-state index in [1.54, 1.807) is 0 Å². The molecule has 1 aromatic rings. The molecule has 114 valence electrons. The molecule has 0 aliphatic heterocycles. The van der Waals surface area contributed by atoms with Gasteiger partial charge in [0.1, 0.15) is 5.25 Å². The van der Waals surface area contributed by atoms with Gasteiger partial charge in [-0.2, -0.15) is 0 Å². The van der Waals surface area contributed by atoms with E-state index in [0.29, 0.717) is 0 Å². The Hall–Kier alpha value is -1.41. The molecule has 0 spiro atoms. The Morgan fingerprint density at radius 3 is 2.52 bits per heavy atom. The highest BCUT2D eigenvalue weighted by Gasteiger charge is 2.33. The number of amides is 1. The Kier molecular flexibility index (Phi) is 4.38. The Balaban J connectivity index is 2.32. The highest BCUT2D eigenvalue weighted by atomic mass is 79.9. The summed E-state index contributed by atoms with van der Waals surface area (Å²) in [5, 5.41) is 10.4. The van der Waals surface area contributed by atoms with Crippen LogP contribution in [0.5, 0.6) is 0 Å². The van der Waals surface area contributed by atoms with Gasteiger partial charge in [-0.1, -0.05) is 0 Å². The van der Waals surface area contributed by atoms with E-state index in [2.05, 4.69) is 21.2 Å². The van der Waals surface area contributed by atoms with E-state index in [1.807, 2.05) is 0 Å². The van der Waals surface area contributed by atoms with Gasteiger partial charge in [0, 0.05) is 10.5 Å². The van der Waals surface area contributed by atoms with E-state index in [1.165, 1.54) is 19.1 Å². The molecule has 8 heteroatoms. The molecule has 1 aliphatic carbocycles. The van der Waals surface area contributed by atoms with Crippen molar-refractivity contribution < 1.29 is 23.1 Å². The van der Waals surface area contributed by atoms with Crippen molar-refractivity contribution in [3.8, 4) is 0 Å². The first-order valence-electron chi connectivity index (χ1n) is 6.30. The van der Waals surface area contributed by atoms with E-state index in [4.69, 9.17) is 5.11 Å². The van der Waals surface area contributed by atoms with Crippen LogP contribution >= 0.6 is 15.9 Å². The fourth-order valence-corrected chi connectivity index (χ4v) is 3.45. The number of rotatable bonds is 5. The molecule has 0 radical (unpaired) electrons. The summed E-state index contributed by atoms with van der Waals surface area (Å²) in [6, 6.07) is 3.76. The molecular formula is C13H14BrNO5S. The van der Waals surface area contributed by atoms with Crippen molar-refractivity contribution in [1.29, 1.82) is 0 Å². The number of carboxylic acids is 1. The Bertz CT molecular complexity index is 697. The third-order valence-corrected chi connectivity index (χ3v) is 6.00. The van der Waals surface area contributed by atoms with Gasteiger partial charge >= 0.3 is 5.97 Å². The summed E-state index contributed by atoms with van der Waals surface area (Å²) in [6.45, 7) is 1.30. The molecule has 0 aromatic heterocycles. The van der Waals surface area contributed by atoms with Gasteiger partial charge in [0.2, 0.25) is 5.91 Å². The lowest BCUT2D eigenvalue weighted by Gasteiger charge is -2.13. The quantitative estimate of drug-likeness (QED) is 0.813. The Labute approximate surface area is 130 Å². The van der Waals surface area contributed by atoms with Crippen molar-refractivity contribution in [3.63, 3.8) is 0 Å². The van der Waals surface area contributed by atoms with Crippen LogP contribution in [0.1, 0.15) is 30.1 Å².